The van der Waals surface area contributed by atoms with Crippen LogP contribution in [0.4, 0.5) is 0 Å². The number of benzene rings is 1. The first-order chi connectivity index (χ1) is 11.8. The van der Waals surface area contributed by atoms with E-state index in [1.807, 2.05) is 24.3 Å². The summed E-state index contributed by atoms with van der Waals surface area (Å²) in [4.78, 5) is 26.5. The number of halogens is 2. The number of piperazine rings is 1. The number of carbonyl (C=O) groups excluding carboxylic acids is 2. The predicted octanol–water partition coefficient (Wildman–Crippen LogP) is 3.05. The van der Waals surface area contributed by atoms with Crippen LogP contribution in [0.25, 0.3) is 0 Å². The van der Waals surface area contributed by atoms with E-state index in [4.69, 9.17) is 27.9 Å². The average Bonchev–Trinajstić information content (AvgIpc) is 2.60. The van der Waals surface area contributed by atoms with Crippen molar-refractivity contribution in [2.75, 3.05) is 26.2 Å². The largest absolute Gasteiger partial charge is 0.481 e. The zero-order chi connectivity index (χ0) is 18.6. The lowest BCUT2D eigenvalue weighted by atomic mass is 10.0. The molecule has 2 amide bonds. The van der Waals surface area contributed by atoms with Crippen molar-refractivity contribution >= 4 is 35.0 Å². The number of nitrogens with zero attached hydrogens (tertiary/aromatic N) is 2. The summed E-state index contributed by atoms with van der Waals surface area (Å²) >= 11 is 11.2. The molecule has 1 aromatic carbocycles. The minimum absolute atomic E-state index is 0.0895. The molecule has 0 radical (unpaired) electrons. The van der Waals surface area contributed by atoms with Crippen molar-refractivity contribution in [1.82, 2.24) is 9.80 Å². The molecule has 1 heterocycles. The molecule has 138 valence electrons. The van der Waals surface area contributed by atoms with Gasteiger partial charge in [0, 0.05) is 26.2 Å². The molecule has 0 aliphatic carbocycles. The number of amides is 2. The highest BCUT2D eigenvalue weighted by Crippen LogP contribution is 2.20. The summed E-state index contributed by atoms with van der Waals surface area (Å²) in [5.41, 5.74) is 1.23. The van der Waals surface area contributed by atoms with Crippen molar-refractivity contribution in [3.05, 3.63) is 29.8 Å². The molecule has 1 unspecified atom stereocenters. The van der Waals surface area contributed by atoms with Crippen molar-refractivity contribution < 1.29 is 14.3 Å². The molecule has 0 aromatic heterocycles. The van der Waals surface area contributed by atoms with Gasteiger partial charge in [0.25, 0.3) is 11.8 Å². The zero-order valence-corrected chi connectivity index (χ0v) is 16.3. The number of rotatable bonds is 5. The van der Waals surface area contributed by atoms with Crippen LogP contribution in [0.5, 0.6) is 5.75 Å². The van der Waals surface area contributed by atoms with Gasteiger partial charge in [0.2, 0.25) is 0 Å². The second-order valence-electron chi connectivity index (χ2n) is 6.44. The van der Waals surface area contributed by atoms with E-state index in [0.717, 1.165) is 0 Å². The maximum absolute atomic E-state index is 12.5. The fraction of sp³-hybridized carbons (Fsp3) is 0.556. The summed E-state index contributed by atoms with van der Waals surface area (Å²) in [5.74, 6) is 0.720. The number of hydrogen-bond acceptors (Lipinski definition) is 3. The Hall–Kier alpha value is -1.46. The Labute approximate surface area is 158 Å². The van der Waals surface area contributed by atoms with E-state index in [1.165, 1.54) is 5.56 Å². The molecule has 0 spiro atoms. The number of carbonyl (C=O) groups is 2. The van der Waals surface area contributed by atoms with E-state index < -0.39 is 10.9 Å². The minimum atomic E-state index is -1.06. The maximum atomic E-state index is 12.5. The smallest absolute Gasteiger partial charge is 0.263 e. The summed E-state index contributed by atoms with van der Waals surface area (Å²) in [6.07, 6.45) is -0.582. The molecule has 1 aliphatic heterocycles. The molecule has 7 heteroatoms. The van der Waals surface area contributed by atoms with Gasteiger partial charge in [-0.3, -0.25) is 9.59 Å². The molecule has 25 heavy (non-hydrogen) atoms. The molecule has 0 bridgehead atoms. The molecule has 1 aromatic rings. The number of ether oxygens (including phenoxy) is 1. The molecular formula is C18H24Cl2N2O3. The molecule has 1 atom stereocenters. The number of hydrogen-bond donors (Lipinski definition) is 0. The number of alkyl halides is 2. The monoisotopic (exact) mass is 386 g/mol. The quantitative estimate of drug-likeness (QED) is 0.730. The first-order valence-corrected chi connectivity index (χ1v) is 9.29. The van der Waals surface area contributed by atoms with Crippen LogP contribution >= 0.6 is 23.2 Å². The summed E-state index contributed by atoms with van der Waals surface area (Å²) in [6.45, 7) is 7.75. The third-order valence-electron chi connectivity index (χ3n) is 4.30. The van der Waals surface area contributed by atoms with Crippen molar-refractivity contribution in [3.63, 3.8) is 0 Å². The van der Waals surface area contributed by atoms with E-state index in [-0.39, 0.29) is 11.8 Å². The Morgan fingerprint density at radius 2 is 1.40 bits per heavy atom. The SMILES string of the molecule is CC(Oc1ccc(C(C)C)cc1)C(=O)N1CCN(C(=O)C(Cl)Cl)CC1. The van der Waals surface area contributed by atoms with Gasteiger partial charge in [0.05, 0.1) is 0 Å². The summed E-state index contributed by atoms with van der Waals surface area (Å²) in [7, 11) is 0. The summed E-state index contributed by atoms with van der Waals surface area (Å²) in [5, 5.41) is 0. The van der Waals surface area contributed by atoms with Gasteiger partial charge in [-0.05, 0) is 30.5 Å². The first kappa shape index (κ1) is 19.9. The lowest BCUT2D eigenvalue weighted by Gasteiger charge is -2.36. The van der Waals surface area contributed by atoms with Crippen molar-refractivity contribution in [1.29, 1.82) is 0 Å². The Bertz CT molecular complexity index is 597. The van der Waals surface area contributed by atoms with Crippen LogP contribution in [0.2, 0.25) is 0 Å². The fourth-order valence-electron chi connectivity index (χ4n) is 2.73. The van der Waals surface area contributed by atoms with Gasteiger partial charge in [-0.1, -0.05) is 49.2 Å². The fourth-order valence-corrected chi connectivity index (χ4v) is 3.00. The summed E-state index contributed by atoms with van der Waals surface area (Å²) < 4.78 is 5.76. The van der Waals surface area contributed by atoms with E-state index in [0.29, 0.717) is 37.8 Å². The van der Waals surface area contributed by atoms with Gasteiger partial charge in [0.15, 0.2) is 10.9 Å². The van der Waals surface area contributed by atoms with Gasteiger partial charge < -0.3 is 14.5 Å². The minimum Gasteiger partial charge on any atom is -0.481 e. The second kappa shape index (κ2) is 8.77. The van der Waals surface area contributed by atoms with E-state index >= 15 is 0 Å². The standard InChI is InChI=1S/C18H24Cl2N2O3/c1-12(2)14-4-6-15(7-5-14)25-13(3)17(23)21-8-10-22(11-9-21)18(24)16(19)20/h4-7,12-13,16H,8-11H2,1-3H3. The van der Waals surface area contributed by atoms with E-state index in [9.17, 15) is 9.59 Å². The highest BCUT2D eigenvalue weighted by atomic mass is 35.5. The molecule has 0 saturated carbocycles. The van der Waals surface area contributed by atoms with Crippen molar-refractivity contribution in [3.8, 4) is 5.75 Å². The van der Waals surface area contributed by atoms with Crippen LogP contribution in [0.3, 0.4) is 0 Å². The lowest BCUT2D eigenvalue weighted by molar-refractivity contribution is -0.143. The first-order valence-electron chi connectivity index (χ1n) is 8.42. The highest BCUT2D eigenvalue weighted by Gasteiger charge is 2.29. The zero-order valence-electron chi connectivity index (χ0n) is 14.7. The van der Waals surface area contributed by atoms with Crippen LogP contribution < -0.4 is 4.74 Å². The topological polar surface area (TPSA) is 49.9 Å². The van der Waals surface area contributed by atoms with Crippen LogP contribution in [0, 0.1) is 0 Å². The van der Waals surface area contributed by atoms with Crippen LogP contribution in [0.15, 0.2) is 24.3 Å². The Morgan fingerprint density at radius 3 is 1.84 bits per heavy atom. The Morgan fingerprint density at radius 1 is 0.920 bits per heavy atom. The van der Waals surface area contributed by atoms with Crippen LogP contribution in [0.1, 0.15) is 32.3 Å². The van der Waals surface area contributed by atoms with Gasteiger partial charge in [0.1, 0.15) is 5.75 Å². The third-order valence-corrected chi connectivity index (χ3v) is 4.67. The molecule has 1 aliphatic rings. The Kier molecular flexibility index (Phi) is 6.96. The highest BCUT2D eigenvalue weighted by molar-refractivity contribution is 6.53. The van der Waals surface area contributed by atoms with Gasteiger partial charge in [-0.2, -0.15) is 0 Å². The van der Waals surface area contributed by atoms with Crippen LogP contribution in [-0.2, 0) is 9.59 Å². The van der Waals surface area contributed by atoms with Gasteiger partial charge >= 0.3 is 0 Å². The van der Waals surface area contributed by atoms with Crippen molar-refractivity contribution in [2.45, 2.75) is 37.6 Å². The maximum Gasteiger partial charge on any atom is 0.263 e. The molecule has 1 fully saturated rings. The molecular weight excluding hydrogens is 363 g/mol. The molecule has 2 rings (SSSR count). The average molecular weight is 387 g/mol. The second-order valence-corrected chi connectivity index (χ2v) is 7.53. The Balaban J connectivity index is 1.87. The molecule has 1 saturated heterocycles. The van der Waals surface area contributed by atoms with E-state index in [1.54, 1.807) is 16.7 Å². The summed E-state index contributed by atoms with van der Waals surface area (Å²) in [6, 6.07) is 7.79. The lowest BCUT2D eigenvalue weighted by Crippen LogP contribution is -2.54. The normalized spacial score (nSPS) is 16.3. The van der Waals surface area contributed by atoms with Gasteiger partial charge in [-0.25, -0.2) is 0 Å². The molecule has 0 N–H and O–H groups in total. The predicted molar refractivity (Wildman–Crippen MR) is 99.3 cm³/mol. The van der Waals surface area contributed by atoms with Crippen LogP contribution in [-0.4, -0.2) is 58.7 Å². The third kappa shape index (κ3) is 5.25. The van der Waals surface area contributed by atoms with Gasteiger partial charge in [-0.15, -0.1) is 0 Å². The molecule has 5 nitrogen and oxygen atoms in total. The van der Waals surface area contributed by atoms with Crippen molar-refractivity contribution in [2.24, 2.45) is 0 Å². The van der Waals surface area contributed by atoms with E-state index in [2.05, 4.69) is 13.8 Å².